The summed E-state index contributed by atoms with van der Waals surface area (Å²) in [5.74, 6) is 0.351. The molecule has 2 N–H and O–H groups in total. The summed E-state index contributed by atoms with van der Waals surface area (Å²) in [5, 5.41) is 2.89. The number of benzene rings is 3. The van der Waals surface area contributed by atoms with Crippen LogP contribution in [0.15, 0.2) is 77.7 Å². The fourth-order valence-corrected chi connectivity index (χ4v) is 3.94. The molecule has 0 spiro atoms. The molecular formula is C22H19N3O3S. The van der Waals surface area contributed by atoms with Crippen molar-refractivity contribution in [2.24, 2.45) is 0 Å². The minimum absolute atomic E-state index is 0.0173. The molecule has 6 nitrogen and oxygen atoms in total. The first-order valence-electron chi connectivity index (χ1n) is 9.16. The third-order valence-corrected chi connectivity index (χ3v) is 6.43. The largest absolute Gasteiger partial charge is 0.338 e. The van der Waals surface area contributed by atoms with Gasteiger partial charge < -0.3 is 10.3 Å². The number of nitrogens with one attached hydrogen (secondary N) is 2. The van der Waals surface area contributed by atoms with Gasteiger partial charge in [0, 0.05) is 11.1 Å². The Balaban J connectivity index is 1.62. The lowest BCUT2D eigenvalue weighted by molar-refractivity contribution is 0.102. The Morgan fingerprint density at radius 1 is 0.966 bits per heavy atom. The number of fused-ring (bicyclic) bond motifs is 1. The summed E-state index contributed by atoms with van der Waals surface area (Å²) < 4.78 is 23.9. The summed E-state index contributed by atoms with van der Waals surface area (Å²) in [6.07, 6.45) is 0. The lowest BCUT2D eigenvalue weighted by Crippen LogP contribution is -2.13. The summed E-state index contributed by atoms with van der Waals surface area (Å²) in [4.78, 5) is 20.8. The number of hydrogen-bond donors (Lipinski definition) is 2. The Morgan fingerprint density at radius 3 is 2.38 bits per heavy atom. The van der Waals surface area contributed by atoms with Crippen molar-refractivity contribution >= 4 is 32.5 Å². The minimum Gasteiger partial charge on any atom is -0.338 e. The summed E-state index contributed by atoms with van der Waals surface area (Å²) in [5.41, 5.74) is 3.51. The zero-order chi connectivity index (χ0) is 20.4. The van der Waals surface area contributed by atoms with Crippen molar-refractivity contribution in [2.75, 3.05) is 11.1 Å². The van der Waals surface area contributed by atoms with E-state index in [2.05, 4.69) is 15.3 Å². The van der Waals surface area contributed by atoms with Crippen molar-refractivity contribution in [3.63, 3.8) is 0 Å². The molecule has 1 aromatic heterocycles. The van der Waals surface area contributed by atoms with Crippen molar-refractivity contribution in [1.82, 2.24) is 9.97 Å². The molecule has 0 bridgehead atoms. The fourth-order valence-electron chi connectivity index (χ4n) is 3.05. The summed E-state index contributed by atoms with van der Waals surface area (Å²) in [7, 11) is -3.30. The first-order chi connectivity index (χ1) is 14.0. The second-order valence-electron chi connectivity index (χ2n) is 6.53. The molecule has 0 saturated carbocycles. The van der Waals surface area contributed by atoms with Gasteiger partial charge in [-0.1, -0.05) is 31.2 Å². The molecule has 7 heteroatoms. The number of H-pyrrole nitrogens is 1. The van der Waals surface area contributed by atoms with Crippen LogP contribution in [0.5, 0.6) is 0 Å². The lowest BCUT2D eigenvalue weighted by atomic mass is 10.1. The number of aromatic nitrogens is 2. The Hall–Kier alpha value is -3.45. The van der Waals surface area contributed by atoms with E-state index in [9.17, 15) is 13.2 Å². The van der Waals surface area contributed by atoms with E-state index in [0.29, 0.717) is 17.1 Å². The molecule has 3 aromatic carbocycles. The van der Waals surface area contributed by atoms with Gasteiger partial charge in [0.25, 0.3) is 5.91 Å². The highest BCUT2D eigenvalue weighted by atomic mass is 32.2. The molecule has 4 aromatic rings. The van der Waals surface area contributed by atoms with Crippen molar-refractivity contribution in [3.05, 3.63) is 78.4 Å². The van der Waals surface area contributed by atoms with Gasteiger partial charge in [0.2, 0.25) is 0 Å². The van der Waals surface area contributed by atoms with Gasteiger partial charge in [0.1, 0.15) is 5.82 Å². The summed E-state index contributed by atoms with van der Waals surface area (Å²) >= 11 is 0. The molecule has 0 aliphatic heterocycles. The van der Waals surface area contributed by atoms with E-state index < -0.39 is 9.84 Å². The average Bonchev–Trinajstić information content (AvgIpc) is 3.18. The number of aromatic amines is 1. The third kappa shape index (κ3) is 3.77. The highest BCUT2D eigenvalue weighted by Crippen LogP contribution is 2.28. The molecule has 146 valence electrons. The highest BCUT2D eigenvalue weighted by molar-refractivity contribution is 7.91. The van der Waals surface area contributed by atoms with Crippen LogP contribution in [0, 0.1) is 0 Å². The van der Waals surface area contributed by atoms with Gasteiger partial charge in [-0.15, -0.1) is 0 Å². The number of sulfone groups is 1. The molecule has 1 heterocycles. The van der Waals surface area contributed by atoms with Crippen LogP contribution in [-0.4, -0.2) is 30.0 Å². The van der Waals surface area contributed by atoms with E-state index in [1.54, 1.807) is 13.0 Å². The van der Waals surface area contributed by atoms with Crippen LogP contribution in [0.1, 0.15) is 17.3 Å². The Bertz CT molecular complexity index is 1260. The van der Waals surface area contributed by atoms with Gasteiger partial charge in [0.05, 0.1) is 27.4 Å². The van der Waals surface area contributed by atoms with Gasteiger partial charge in [-0.2, -0.15) is 0 Å². The highest BCUT2D eigenvalue weighted by Gasteiger charge is 2.15. The van der Waals surface area contributed by atoms with E-state index in [1.165, 1.54) is 24.3 Å². The van der Waals surface area contributed by atoms with Crippen molar-refractivity contribution < 1.29 is 13.2 Å². The number of anilines is 1. The molecule has 0 atom stereocenters. The molecule has 1 amide bonds. The normalized spacial score (nSPS) is 11.5. The molecular weight excluding hydrogens is 386 g/mol. The Kier molecular flexibility index (Phi) is 4.90. The number of amides is 1. The predicted molar refractivity (Wildman–Crippen MR) is 114 cm³/mol. The molecule has 4 rings (SSSR count). The van der Waals surface area contributed by atoms with E-state index in [1.807, 2.05) is 42.5 Å². The van der Waals surface area contributed by atoms with Crippen LogP contribution in [0.3, 0.4) is 0 Å². The Morgan fingerprint density at radius 2 is 1.66 bits per heavy atom. The van der Waals surface area contributed by atoms with Crippen LogP contribution in [0.4, 0.5) is 5.69 Å². The lowest BCUT2D eigenvalue weighted by Gasteiger charge is -2.10. The number of hydrogen-bond acceptors (Lipinski definition) is 4. The van der Waals surface area contributed by atoms with E-state index in [0.717, 1.165) is 16.6 Å². The number of carbonyl (C=O) groups excluding carboxylic acids is 1. The summed E-state index contributed by atoms with van der Waals surface area (Å²) in [6.45, 7) is 1.59. The molecule has 0 aliphatic carbocycles. The molecule has 0 fully saturated rings. The van der Waals surface area contributed by atoms with Gasteiger partial charge in [-0.05, 0) is 48.5 Å². The van der Waals surface area contributed by atoms with Crippen LogP contribution in [-0.2, 0) is 9.84 Å². The monoisotopic (exact) mass is 405 g/mol. The van der Waals surface area contributed by atoms with Gasteiger partial charge in [-0.3, -0.25) is 4.79 Å². The maximum atomic E-state index is 12.7. The minimum atomic E-state index is -3.30. The van der Waals surface area contributed by atoms with Gasteiger partial charge in [-0.25, -0.2) is 13.4 Å². The first-order valence-corrected chi connectivity index (χ1v) is 10.8. The summed E-state index contributed by atoms with van der Waals surface area (Å²) in [6, 6.07) is 21.0. The SMILES string of the molecule is CCS(=O)(=O)c1ccc(C(=O)Nc2ccccc2-c2nc3ccccc3[nH]2)cc1. The van der Waals surface area contributed by atoms with Crippen molar-refractivity contribution in [3.8, 4) is 11.4 Å². The number of para-hydroxylation sites is 3. The van der Waals surface area contributed by atoms with E-state index >= 15 is 0 Å². The topological polar surface area (TPSA) is 91.9 Å². The number of imidazole rings is 1. The van der Waals surface area contributed by atoms with Crippen LogP contribution in [0.25, 0.3) is 22.4 Å². The molecule has 0 saturated heterocycles. The first kappa shape index (κ1) is 18.9. The Labute approximate surface area is 168 Å². The fraction of sp³-hybridized carbons (Fsp3) is 0.0909. The second kappa shape index (κ2) is 7.52. The smallest absolute Gasteiger partial charge is 0.255 e. The van der Waals surface area contributed by atoms with Crippen LogP contribution < -0.4 is 5.32 Å². The maximum absolute atomic E-state index is 12.7. The van der Waals surface area contributed by atoms with E-state index in [4.69, 9.17) is 0 Å². The molecule has 0 aliphatic rings. The number of rotatable bonds is 5. The quantitative estimate of drug-likeness (QED) is 0.518. The van der Waals surface area contributed by atoms with E-state index in [-0.39, 0.29) is 16.6 Å². The van der Waals surface area contributed by atoms with Gasteiger partial charge in [0.15, 0.2) is 9.84 Å². The number of nitrogens with zero attached hydrogens (tertiary/aromatic N) is 1. The zero-order valence-electron chi connectivity index (χ0n) is 15.7. The van der Waals surface area contributed by atoms with Gasteiger partial charge >= 0.3 is 0 Å². The van der Waals surface area contributed by atoms with Crippen molar-refractivity contribution in [1.29, 1.82) is 0 Å². The zero-order valence-corrected chi connectivity index (χ0v) is 16.5. The van der Waals surface area contributed by atoms with Crippen LogP contribution >= 0.6 is 0 Å². The second-order valence-corrected chi connectivity index (χ2v) is 8.81. The van der Waals surface area contributed by atoms with Crippen molar-refractivity contribution in [2.45, 2.75) is 11.8 Å². The maximum Gasteiger partial charge on any atom is 0.255 e. The van der Waals surface area contributed by atoms with Crippen LogP contribution in [0.2, 0.25) is 0 Å². The molecule has 0 radical (unpaired) electrons. The third-order valence-electron chi connectivity index (χ3n) is 4.68. The molecule has 0 unspecified atom stereocenters. The predicted octanol–water partition coefficient (Wildman–Crippen LogP) is 4.28. The molecule has 29 heavy (non-hydrogen) atoms. The average molecular weight is 405 g/mol. The number of carbonyl (C=O) groups is 1. The standard InChI is InChI=1S/C22H19N3O3S/c1-2-29(27,28)16-13-11-15(12-14-16)22(26)25-18-8-4-3-7-17(18)21-23-19-9-5-6-10-20(19)24-21/h3-14H,2H2,1H3,(H,23,24)(H,25,26).